The Morgan fingerprint density at radius 1 is 1.12 bits per heavy atom. The summed E-state index contributed by atoms with van der Waals surface area (Å²) in [7, 11) is 1.63. The summed E-state index contributed by atoms with van der Waals surface area (Å²) in [5.41, 5.74) is 1.33. The predicted molar refractivity (Wildman–Crippen MR) is 95.1 cm³/mol. The van der Waals surface area contributed by atoms with E-state index in [1.54, 1.807) is 18.1 Å². The highest BCUT2D eigenvalue weighted by Crippen LogP contribution is 2.36. The number of aromatic nitrogens is 3. The number of benzene rings is 2. The van der Waals surface area contributed by atoms with E-state index in [-0.39, 0.29) is 0 Å². The Bertz CT molecular complexity index is 840. The van der Waals surface area contributed by atoms with Crippen LogP contribution in [-0.2, 0) is 18.4 Å². The lowest BCUT2D eigenvalue weighted by Crippen LogP contribution is -2.31. The molecule has 5 heteroatoms. The van der Waals surface area contributed by atoms with E-state index in [0.717, 1.165) is 17.7 Å². The summed E-state index contributed by atoms with van der Waals surface area (Å²) < 4.78 is 7.24. The zero-order valence-electron chi connectivity index (χ0n) is 14.2. The monoisotopic (exact) mass is 332 g/mol. The van der Waals surface area contributed by atoms with Gasteiger partial charge in [-0.05, 0) is 24.5 Å². The van der Waals surface area contributed by atoms with Crippen molar-refractivity contribution < 1.29 is 4.74 Å². The second kappa shape index (κ2) is 7.63. The Labute approximate surface area is 147 Å². The van der Waals surface area contributed by atoms with Gasteiger partial charge < -0.3 is 4.74 Å². The van der Waals surface area contributed by atoms with Crippen LogP contribution in [-0.4, -0.2) is 21.9 Å². The zero-order valence-corrected chi connectivity index (χ0v) is 14.2. The van der Waals surface area contributed by atoms with Gasteiger partial charge in [0.2, 0.25) is 0 Å². The lowest BCUT2D eigenvalue weighted by atomic mass is 9.76. The molecule has 0 bridgehead atoms. The van der Waals surface area contributed by atoms with Gasteiger partial charge in [0.1, 0.15) is 23.8 Å². The first-order chi connectivity index (χ1) is 12.3. The van der Waals surface area contributed by atoms with Gasteiger partial charge in [0.15, 0.2) is 0 Å². The molecule has 0 radical (unpaired) electrons. The summed E-state index contributed by atoms with van der Waals surface area (Å²) in [6.45, 7) is 0.427. The molecule has 0 aliphatic heterocycles. The molecular weight excluding hydrogens is 312 g/mol. The minimum atomic E-state index is -0.754. The van der Waals surface area contributed by atoms with Crippen LogP contribution in [0.1, 0.15) is 17.5 Å². The van der Waals surface area contributed by atoms with E-state index >= 15 is 0 Å². The number of para-hydroxylation sites is 1. The van der Waals surface area contributed by atoms with Gasteiger partial charge in [-0.25, -0.2) is 4.98 Å². The maximum atomic E-state index is 10.2. The van der Waals surface area contributed by atoms with E-state index < -0.39 is 5.41 Å². The molecule has 0 saturated carbocycles. The Hall–Kier alpha value is -3.13. The van der Waals surface area contributed by atoms with Crippen LogP contribution >= 0.6 is 0 Å². The molecule has 1 unspecified atom stereocenters. The number of rotatable bonds is 7. The SMILES string of the molecule is COc1ccccc1C(C#N)(CCc1ccccc1)Cn1cncn1. The number of hydrogen-bond acceptors (Lipinski definition) is 4. The molecule has 0 aliphatic carbocycles. The Morgan fingerprint density at radius 3 is 2.56 bits per heavy atom. The average Bonchev–Trinajstić information content (AvgIpc) is 3.19. The Balaban J connectivity index is 1.98. The molecule has 1 aromatic heterocycles. The van der Waals surface area contributed by atoms with Crippen LogP contribution in [0.4, 0.5) is 0 Å². The van der Waals surface area contributed by atoms with E-state index in [4.69, 9.17) is 4.74 Å². The van der Waals surface area contributed by atoms with Gasteiger partial charge in [-0.3, -0.25) is 4.68 Å². The van der Waals surface area contributed by atoms with Gasteiger partial charge in [-0.1, -0.05) is 48.5 Å². The molecule has 0 spiro atoms. The van der Waals surface area contributed by atoms with Gasteiger partial charge in [-0.15, -0.1) is 0 Å². The van der Waals surface area contributed by atoms with Crippen molar-refractivity contribution in [1.29, 1.82) is 5.26 Å². The van der Waals surface area contributed by atoms with Gasteiger partial charge in [0, 0.05) is 5.56 Å². The maximum Gasteiger partial charge on any atom is 0.137 e. The normalized spacial score (nSPS) is 13.0. The zero-order chi connectivity index (χ0) is 17.5. The highest BCUT2D eigenvalue weighted by atomic mass is 16.5. The largest absolute Gasteiger partial charge is 0.496 e. The average molecular weight is 332 g/mol. The van der Waals surface area contributed by atoms with Crippen molar-refractivity contribution in [3.8, 4) is 11.8 Å². The molecule has 0 N–H and O–H groups in total. The first kappa shape index (κ1) is 16.7. The molecule has 3 aromatic rings. The highest BCUT2D eigenvalue weighted by Gasteiger charge is 2.35. The van der Waals surface area contributed by atoms with Crippen LogP contribution in [0.5, 0.6) is 5.75 Å². The number of nitrogens with zero attached hydrogens (tertiary/aromatic N) is 4. The van der Waals surface area contributed by atoms with Crippen LogP contribution in [0, 0.1) is 11.3 Å². The van der Waals surface area contributed by atoms with Gasteiger partial charge in [0.05, 0.1) is 19.7 Å². The van der Waals surface area contributed by atoms with E-state index in [9.17, 15) is 5.26 Å². The van der Waals surface area contributed by atoms with Crippen LogP contribution in [0.3, 0.4) is 0 Å². The molecule has 0 saturated heterocycles. The van der Waals surface area contributed by atoms with E-state index in [1.807, 2.05) is 42.5 Å². The number of hydrogen-bond donors (Lipinski definition) is 0. The Kier molecular flexibility index (Phi) is 5.10. The van der Waals surface area contributed by atoms with Crippen molar-refractivity contribution in [3.63, 3.8) is 0 Å². The molecule has 5 nitrogen and oxygen atoms in total. The second-order valence-corrected chi connectivity index (χ2v) is 5.97. The molecule has 1 atom stereocenters. The van der Waals surface area contributed by atoms with E-state index in [1.165, 1.54) is 11.9 Å². The standard InChI is InChI=1S/C20H20N4O/c1-25-19-10-6-5-9-18(19)20(13-21,14-24-16-22-15-23-24)12-11-17-7-3-2-4-8-17/h2-10,15-16H,11-12,14H2,1H3. The van der Waals surface area contributed by atoms with Crippen LogP contribution in [0.2, 0.25) is 0 Å². The fourth-order valence-corrected chi connectivity index (χ4v) is 3.08. The van der Waals surface area contributed by atoms with Gasteiger partial charge >= 0.3 is 0 Å². The van der Waals surface area contributed by atoms with Crippen molar-refractivity contribution in [2.75, 3.05) is 7.11 Å². The first-order valence-corrected chi connectivity index (χ1v) is 8.18. The van der Waals surface area contributed by atoms with Crippen molar-refractivity contribution in [2.24, 2.45) is 0 Å². The van der Waals surface area contributed by atoms with Crippen molar-refractivity contribution in [3.05, 3.63) is 78.4 Å². The minimum absolute atomic E-state index is 0.427. The molecule has 3 rings (SSSR count). The van der Waals surface area contributed by atoms with Gasteiger partial charge in [-0.2, -0.15) is 10.4 Å². The lowest BCUT2D eigenvalue weighted by molar-refractivity contribution is 0.363. The van der Waals surface area contributed by atoms with Gasteiger partial charge in [0.25, 0.3) is 0 Å². The number of methoxy groups -OCH3 is 1. The summed E-state index contributed by atoms with van der Waals surface area (Å²) in [5.74, 6) is 0.720. The number of nitriles is 1. The third kappa shape index (κ3) is 3.69. The summed E-state index contributed by atoms with van der Waals surface area (Å²) in [4.78, 5) is 4.01. The summed E-state index contributed by atoms with van der Waals surface area (Å²) in [6, 6.07) is 20.5. The number of ether oxygens (including phenoxy) is 1. The molecule has 25 heavy (non-hydrogen) atoms. The highest BCUT2D eigenvalue weighted by molar-refractivity contribution is 5.44. The number of aryl methyl sites for hydroxylation is 1. The topological polar surface area (TPSA) is 63.7 Å². The minimum Gasteiger partial charge on any atom is -0.496 e. The Morgan fingerprint density at radius 2 is 1.88 bits per heavy atom. The lowest BCUT2D eigenvalue weighted by Gasteiger charge is -2.28. The molecule has 2 aromatic carbocycles. The predicted octanol–water partition coefficient (Wildman–Crippen LogP) is 3.38. The third-order valence-corrected chi connectivity index (χ3v) is 4.42. The molecule has 0 amide bonds. The van der Waals surface area contributed by atoms with Crippen molar-refractivity contribution in [2.45, 2.75) is 24.8 Å². The summed E-state index contributed by atoms with van der Waals surface area (Å²) in [6.07, 6.45) is 4.58. The van der Waals surface area contributed by atoms with Crippen molar-refractivity contribution in [1.82, 2.24) is 14.8 Å². The van der Waals surface area contributed by atoms with Crippen LogP contribution in [0.15, 0.2) is 67.3 Å². The third-order valence-electron chi connectivity index (χ3n) is 4.42. The first-order valence-electron chi connectivity index (χ1n) is 8.18. The molecule has 126 valence electrons. The molecule has 0 fully saturated rings. The van der Waals surface area contributed by atoms with Crippen LogP contribution < -0.4 is 4.74 Å². The molecule has 0 aliphatic rings. The fraction of sp³-hybridized carbons (Fsp3) is 0.250. The molecular formula is C20H20N4O. The summed E-state index contributed by atoms with van der Waals surface area (Å²) >= 11 is 0. The smallest absolute Gasteiger partial charge is 0.137 e. The second-order valence-electron chi connectivity index (χ2n) is 5.97. The maximum absolute atomic E-state index is 10.2. The van der Waals surface area contributed by atoms with Crippen LogP contribution in [0.25, 0.3) is 0 Å². The molecule has 1 heterocycles. The van der Waals surface area contributed by atoms with E-state index in [0.29, 0.717) is 13.0 Å². The fourth-order valence-electron chi connectivity index (χ4n) is 3.08. The van der Waals surface area contributed by atoms with E-state index in [2.05, 4.69) is 28.3 Å². The van der Waals surface area contributed by atoms with Crippen molar-refractivity contribution >= 4 is 0 Å². The summed E-state index contributed by atoms with van der Waals surface area (Å²) in [5, 5.41) is 14.4. The quantitative estimate of drug-likeness (QED) is 0.665.